The molecule has 0 aromatic heterocycles. The van der Waals surface area contributed by atoms with Crippen molar-refractivity contribution in [2.24, 2.45) is 0 Å². The number of anilines is 1. The highest BCUT2D eigenvalue weighted by Gasteiger charge is 2.30. The first-order valence-corrected chi connectivity index (χ1v) is 11.3. The van der Waals surface area contributed by atoms with Crippen molar-refractivity contribution < 1.29 is 13.2 Å². The van der Waals surface area contributed by atoms with Crippen molar-refractivity contribution in [1.29, 1.82) is 0 Å². The van der Waals surface area contributed by atoms with Crippen molar-refractivity contribution in [2.45, 2.75) is 32.6 Å². The Kier molecular flexibility index (Phi) is 6.41. The monoisotopic (exact) mass is 415 g/mol. The van der Waals surface area contributed by atoms with Crippen LogP contribution in [0.15, 0.2) is 41.3 Å². The average Bonchev–Trinajstić information content (AvgIpc) is 2.60. The summed E-state index contributed by atoms with van der Waals surface area (Å²) in [5.41, 5.74) is 4.81. The molecule has 2 aromatic carbocycles. The zero-order valence-corrected chi connectivity index (χ0v) is 18.3. The first kappa shape index (κ1) is 21.5. The smallest absolute Gasteiger partial charge is 0.243 e. The van der Waals surface area contributed by atoms with E-state index in [0.717, 1.165) is 27.9 Å². The summed E-state index contributed by atoms with van der Waals surface area (Å²) in [4.78, 5) is 14.8. The number of hydrogen-bond donors (Lipinski definition) is 1. The molecule has 3 rings (SSSR count). The zero-order chi connectivity index (χ0) is 21.2. The highest BCUT2D eigenvalue weighted by Crippen LogP contribution is 2.22. The van der Waals surface area contributed by atoms with Gasteiger partial charge >= 0.3 is 0 Å². The SMILES string of the molecule is Cc1cc(C)cc(NC(=O)CN2CCN(S(=O)(=O)c3ccc(C)cc3C)CC2)c1. The molecule has 0 spiro atoms. The largest absolute Gasteiger partial charge is 0.325 e. The number of nitrogens with zero attached hydrogens (tertiary/aromatic N) is 2. The van der Waals surface area contributed by atoms with Gasteiger partial charge in [0.05, 0.1) is 11.4 Å². The number of nitrogens with one attached hydrogen (secondary N) is 1. The van der Waals surface area contributed by atoms with E-state index in [1.54, 1.807) is 6.07 Å². The van der Waals surface area contributed by atoms with Gasteiger partial charge < -0.3 is 5.32 Å². The summed E-state index contributed by atoms with van der Waals surface area (Å²) >= 11 is 0. The molecule has 1 saturated heterocycles. The Hall–Kier alpha value is -2.22. The maximum Gasteiger partial charge on any atom is 0.243 e. The Morgan fingerprint density at radius 1 is 0.897 bits per heavy atom. The van der Waals surface area contributed by atoms with Gasteiger partial charge in [0.1, 0.15) is 0 Å². The fraction of sp³-hybridized carbons (Fsp3) is 0.409. The van der Waals surface area contributed by atoms with Gasteiger partial charge in [0.25, 0.3) is 0 Å². The Labute approximate surface area is 173 Å². The second-order valence-electron chi connectivity index (χ2n) is 7.87. The van der Waals surface area contributed by atoms with Crippen LogP contribution in [0.25, 0.3) is 0 Å². The van der Waals surface area contributed by atoms with Crippen molar-refractivity contribution in [3.63, 3.8) is 0 Å². The Morgan fingerprint density at radius 3 is 2.10 bits per heavy atom. The van der Waals surface area contributed by atoms with E-state index in [4.69, 9.17) is 0 Å². The molecule has 1 aliphatic rings. The molecule has 29 heavy (non-hydrogen) atoms. The van der Waals surface area contributed by atoms with E-state index in [1.165, 1.54) is 4.31 Å². The fourth-order valence-corrected chi connectivity index (χ4v) is 5.43. The molecule has 6 nitrogen and oxygen atoms in total. The number of aryl methyl sites for hydroxylation is 4. The van der Waals surface area contributed by atoms with Crippen molar-refractivity contribution in [2.75, 3.05) is 38.0 Å². The summed E-state index contributed by atoms with van der Waals surface area (Å²) in [7, 11) is -3.51. The molecule has 1 aliphatic heterocycles. The molecule has 0 unspecified atom stereocenters. The number of rotatable bonds is 5. The van der Waals surface area contributed by atoms with Crippen LogP contribution < -0.4 is 5.32 Å². The van der Waals surface area contributed by atoms with Gasteiger partial charge in [-0.2, -0.15) is 4.31 Å². The van der Waals surface area contributed by atoms with Crippen LogP contribution >= 0.6 is 0 Å². The first-order chi connectivity index (χ1) is 13.6. The van der Waals surface area contributed by atoms with Gasteiger partial charge in [-0.05, 0) is 62.6 Å². The molecule has 0 bridgehead atoms. The number of hydrogen-bond acceptors (Lipinski definition) is 4. The molecule has 0 aliphatic carbocycles. The summed E-state index contributed by atoms with van der Waals surface area (Å²) < 4.78 is 27.5. The summed E-state index contributed by atoms with van der Waals surface area (Å²) in [6.45, 7) is 9.85. The quantitative estimate of drug-likeness (QED) is 0.815. The topological polar surface area (TPSA) is 69.7 Å². The molecule has 1 N–H and O–H groups in total. The van der Waals surface area contributed by atoms with Crippen molar-refractivity contribution in [3.05, 3.63) is 58.7 Å². The average molecular weight is 416 g/mol. The molecule has 1 heterocycles. The predicted molar refractivity (Wildman–Crippen MR) is 116 cm³/mol. The van der Waals surface area contributed by atoms with Crippen molar-refractivity contribution in [3.8, 4) is 0 Å². The van der Waals surface area contributed by atoms with Gasteiger partial charge in [-0.1, -0.05) is 23.8 Å². The van der Waals surface area contributed by atoms with E-state index in [1.807, 2.05) is 56.9 Å². The van der Waals surface area contributed by atoms with Crippen LogP contribution in [-0.4, -0.2) is 56.3 Å². The Balaban J connectivity index is 1.58. The van der Waals surface area contributed by atoms with E-state index >= 15 is 0 Å². The predicted octanol–water partition coefficient (Wildman–Crippen LogP) is 2.87. The summed E-state index contributed by atoms with van der Waals surface area (Å²) in [6, 6.07) is 11.3. The third kappa shape index (κ3) is 5.23. The van der Waals surface area contributed by atoms with Crippen molar-refractivity contribution >= 4 is 21.6 Å². The molecule has 0 radical (unpaired) electrons. The van der Waals surface area contributed by atoms with E-state index in [-0.39, 0.29) is 12.5 Å². The van der Waals surface area contributed by atoms with E-state index in [2.05, 4.69) is 11.4 Å². The molecule has 156 valence electrons. The minimum Gasteiger partial charge on any atom is -0.325 e. The maximum absolute atomic E-state index is 13.0. The van der Waals surface area contributed by atoms with E-state index in [0.29, 0.717) is 31.1 Å². The Morgan fingerprint density at radius 2 is 1.52 bits per heavy atom. The van der Waals surface area contributed by atoms with Crippen LogP contribution in [0.5, 0.6) is 0 Å². The fourth-order valence-electron chi connectivity index (χ4n) is 3.81. The number of piperazine rings is 1. The van der Waals surface area contributed by atoms with E-state index < -0.39 is 10.0 Å². The normalized spacial score (nSPS) is 16.0. The molecular formula is C22H29N3O3S. The van der Waals surface area contributed by atoms with Crippen LogP contribution in [0, 0.1) is 27.7 Å². The van der Waals surface area contributed by atoms with Gasteiger partial charge in [0.15, 0.2) is 0 Å². The number of carbonyl (C=O) groups is 1. The summed E-state index contributed by atoms with van der Waals surface area (Å²) in [6.07, 6.45) is 0. The minimum absolute atomic E-state index is 0.0827. The van der Waals surface area contributed by atoms with E-state index in [9.17, 15) is 13.2 Å². The highest BCUT2D eigenvalue weighted by atomic mass is 32.2. The number of sulfonamides is 1. The van der Waals surface area contributed by atoms with Crippen molar-refractivity contribution in [1.82, 2.24) is 9.21 Å². The van der Waals surface area contributed by atoms with Gasteiger partial charge in [-0.3, -0.25) is 9.69 Å². The van der Waals surface area contributed by atoms with Crippen LogP contribution in [0.2, 0.25) is 0 Å². The minimum atomic E-state index is -3.51. The Bertz CT molecular complexity index is 990. The van der Waals surface area contributed by atoms with Crippen LogP contribution in [0.1, 0.15) is 22.3 Å². The summed E-state index contributed by atoms with van der Waals surface area (Å²) in [5.74, 6) is -0.0827. The van der Waals surface area contributed by atoms with Crippen LogP contribution in [-0.2, 0) is 14.8 Å². The lowest BCUT2D eigenvalue weighted by Gasteiger charge is -2.33. The van der Waals surface area contributed by atoms with Crippen LogP contribution in [0.3, 0.4) is 0 Å². The molecular weight excluding hydrogens is 386 g/mol. The third-order valence-corrected chi connectivity index (χ3v) is 7.21. The lowest BCUT2D eigenvalue weighted by atomic mass is 10.1. The molecule has 1 amide bonds. The van der Waals surface area contributed by atoms with Gasteiger partial charge in [0.2, 0.25) is 15.9 Å². The molecule has 7 heteroatoms. The number of carbonyl (C=O) groups excluding carboxylic acids is 1. The van der Waals surface area contributed by atoms with Gasteiger partial charge in [-0.25, -0.2) is 8.42 Å². The zero-order valence-electron chi connectivity index (χ0n) is 17.5. The maximum atomic E-state index is 13.0. The molecule has 1 fully saturated rings. The molecule has 0 saturated carbocycles. The highest BCUT2D eigenvalue weighted by molar-refractivity contribution is 7.89. The second-order valence-corrected chi connectivity index (χ2v) is 9.78. The summed E-state index contributed by atoms with van der Waals surface area (Å²) in [5, 5.41) is 2.94. The molecule has 0 atom stereocenters. The van der Waals surface area contributed by atoms with Gasteiger partial charge in [0, 0.05) is 31.9 Å². The third-order valence-electron chi connectivity index (χ3n) is 5.15. The lowest BCUT2D eigenvalue weighted by Crippen LogP contribution is -2.50. The van der Waals surface area contributed by atoms with Gasteiger partial charge in [-0.15, -0.1) is 0 Å². The molecule has 2 aromatic rings. The first-order valence-electron chi connectivity index (χ1n) is 9.83. The van der Waals surface area contributed by atoms with Crippen LogP contribution in [0.4, 0.5) is 5.69 Å². The number of amides is 1. The number of benzene rings is 2. The second kappa shape index (κ2) is 8.65. The lowest BCUT2D eigenvalue weighted by molar-refractivity contribution is -0.117. The standard InChI is InChI=1S/C22H29N3O3S/c1-16-5-6-21(19(4)12-16)29(27,28)25-9-7-24(8-10-25)15-22(26)23-20-13-17(2)11-18(3)14-20/h5-6,11-14H,7-10,15H2,1-4H3,(H,23,26).